The van der Waals surface area contributed by atoms with E-state index in [0.717, 1.165) is 23.9 Å². The number of methoxy groups -OCH3 is 1. The SMILES string of the molecule is CCN1C(=O)CC(C(=O)Nc2ccccc2OC)SC1=Nc1ccc(Cl)c(C(F)(F)F)c1. The van der Waals surface area contributed by atoms with Crippen LogP contribution in [0.25, 0.3) is 0 Å². The van der Waals surface area contributed by atoms with Crippen LogP contribution in [0.1, 0.15) is 18.9 Å². The number of hydrogen-bond acceptors (Lipinski definition) is 5. The molecule has 170 valence electrons. The molecule has 0 saturated carbocycles. The molecule has 6 nitrogen and oxygen atoms in total. The van der Waals surface area contributed by atoms with Gasteiger partial charge < -0.3 is 10.1 Å². The molecule has 1 fully saturated rings. The van der Waals surface area contributed by atoms with Gasteiger partial charge in [0.2, 0.25) is 11.8 Å². The van der Waals surface area contributed by atoms with E-state index in [4.69, 9.17) is 16.3 Å². The number of carbonyl (C=O) groups is 2. The number of para-hydroxylation sites is 2. The van der Waals surface area contributed by atoms with E-state index in [1.165, 1.54) is 18.1 Å². The zero-order chi connectivity index (χ0) is 23.5. The van der Waals surface area contributed by atoms with Crippen molar-refractivity contribution in [2.45, 2.75) is 24.8 Å². The van der Waals surface area contributed by atoms with Crippen LogP contribution in [0.3, 0.4) is 0 Å². The Balaban J connectivity index is 1.89. The Morgan fingerprint density at radius 2 is 2.03 bits per heavy atom. The maximum absolute atomic E-state index is 13.2. The van der Waals surface area contributed by atoms with Crippen molar-refractivity contribution in [3.63, 3.8) is 0 Å². The van der Waals surface area contributed by atoms with Gasteiger partial charge in [0.15, 0.2) is 5.17 Å². The quantitative estimate of drug-likeness (QED) is 0.620. The standard InChI is InChI=1S/C21H19ClF3N3O3S/c1-3-28-18(29)11-17(19(30)27-15-6-4-5-7-16(15)31-2)32-20(28)26-12-8-9-14(22)13(10-12)21(23,24)25/h4-10,17H,3,11H2,1-2H3,(H,27,30). The van der Waals surface area contributed by atoms with Crippen molar-refractivity contribution in [1.29, 1.82) is 0 Å². The summed E-state index contributed by atoms with van der Waals surface area (Å²) in [6.07, 6.45) is -4.72. The highest BCUT2D eigenvalue weighted by Gasteiger charge is 2.36. The van der Waals surface area contributed by atoms with Gasteiger partial charge in [0, 0.05) is 13.0 Å². The third-order valence-corrected chi connectivity index (χ3v) is 6.11. The number of amides is 2. The lowest BCUT2D eigenvalue weighted by Crippen LogP contribution is -2.45. The molecule has 1 atom stereocenters. The van der Waals surface area contributed by atoms with E-state index in [1.807, 2.05) is 0 Å². The number of nitrogens with zero attached hydrogens (tertiary/aromatic N) is 2. The molecule has 0 radical (unpaired) electrons. The number of hydrogen-bond donors (Lipinski definition) is 1. The van der Waals surface area contributed by atoms with E-state index < -0.39 is 27.9 Å². The number of nitrogens with one attached hydrogen (secondary N) is 1. The van der Waals surface area contributed by atoms with Crippen LogP contribution in [0.15, 0.2) is 47.5 Å². The molecule has 2 aromatic rings. The summed E-state index contributed by atoms with van der Waals surface area (Å²) in [5.41, 5.74) is -0.611. The minimum Gasteiger partial charge on any atom is -0.495 e. The first-order valence-electron chi connectivity index (χ1n) is 9.50. The summed E-state index contributed by atoms with van der Waals surface area (Å²) < 4.78 is 44.8. The lowest BCUT2D eigenvalue weighted by molar-refractivity contribution is -0.137. The smallest absolute Gasteiger partial charge is 0.417 e. The van der Waals surface area contributed by atoms with E-state index in [9.17, 15) is 22.8 Å². The number of halogens is 4. The molecule has 0 aromatic heterocycles. The molecule has 1 aliphatic rings. The molecule has 0 bridgehead atoms. The zero-order valence-electron chi connectivity index (χ0n) is 17.1. The summed E-state index contributed by atoms with van der Waals surface area (Å²) in [5, 5.41) is 1.60. The zero-order valence-corrected chi connectivity index (χ0v) is 18.6. The first kappa shape index (κ1) is 23.9. The summed E-state index contributed by atoms with van der Waals surface area (Å²) in [6.45, 7) is 1.97. The number of rotatable bonds is 5. The third-order valence-electron chi connectivity index (χ3n) is 4.59. The Morgan fingerprint density at radius 1 is 1.31 bits per heavy atom. The van der Waals surface area contributed by atoms with Gasteiger partial charge in [-0.15, -0.1) is 0 Å². The van der Waals surface area contributed by atoms with Crippen molar-refractivity contribution < 1.29 is 27.5 Å². The molecule has 1 heterocycles. The number of ether oxygens (including phenoxy) is 1. The Bertz CT molecular complexity index is 1060. The van der Waals surface area contributed by atoms with Crippen LogP contribution in [0.5, 0.6) is 5.75 Å². The molecule has 3 rings (SSSR count). The minimum absolute atomic E-state index is 0.0266. The second kappa shape index (κ2) is 9.83. The van der Waals surface area contributed by atoms with Crippen LogP contribution >= 0.6 is 23.4 Å². The third kappa shape index (κ3) is 5.36. The highest BCUT2D eigenvalue weighted by molar-refractivity contribution is 8.15. The van der Waals surface area contributed by atoms with Gasteiger partial charge in [-0.3, -0.25) is 14.5 Å². The summed E-state index contributed by atoms with van der Waals surface area (Å²) in [4.78, 5) is 31.0. The predicted octanol–water partition coefficient (Wildman–Crippen LogP) is 5.35. The van der Waals surface area contributed by atoms with Crippen LogP contribution < -0.4 is 10.1 Å². The molecule has 11 heteroatoms. The molecular formula is C21H19ClF3N3O3S. The topological polar surface area (TPSA) is 71.0 Å². The van der Waals surface area contributed by atoms with Crippen molar-refractivity contribution in [1.82, 2.24) is 4.90 Å². The summed E-state index contributed by atoms with van der Waals surface area (Å²) in [6, 6.07) is 10.0. The van der Waals surface area contributed by atoms with Gasteiger partial charge in [0.05, 0.1) is 29.1 Å². The van der Waals surface area contributed by atoms with Crippen LogP contribution in [-0.2, 0) is 15.8 Å². The molecule has 0 aliphatic carbocycles. The molecule has 1 unspecified atom stereocenters. The number of benzene rings is 2. The highest BCUT2D eigenvalue weighted by Crippen LogP contribution is 2.38. The normalized spacial score (nSPS) is 18.1. The summed E-state index contributed by atoms with van der Waals surface area (Å²) in [7, 11) is 1.47. The second-order valence-electron chi connectivity index (χ2n) is 6.69. The van der Waals surface area contributed by atoms with Crippen molar-refractivity contribution in [2.75, 3.05) is 19.0 Å². The first-order chi connectivity index (χ1) is 15.1. The van der Waals surface area contributed by atoms with Gasteiger partial charge in [-0.05, 0) is 37.3 Å². The highest BCUT2D eigenvalue weighted by atomic mass is 35.5. The van der Waals surface area contributed by atoms with Crippen LogP contribution in [-0.4, -0.2) is 40.8 Å². The summed E-state index contributed by atoms with van der Waals surface area (Å²) >= 11 is 6.68. The average molecular weight is 486 g/mol. The Labute approximate surface area is 191 Å². The van der Waals surface area contributed by atoms with Crippen LogP contribution in [0.2, 0.25) is 5.02 Å². The fourth-order valence-corrected chi connectivity index (χ4v) is 4.41. The van der Waals surface area contributed by atoms with Crippen molar-refractivity contribution in [3.05, 3.63) is 53.1 Å². The maximum Gasteiger partial charge on any atom is 0.417 e. The molecule has 1 saturated heterocycles. The van der Waals surface area contributed by atoms with Gasteiger partial charge in [-0.1, -0.05) is 35.5 Å². The molecule has 32 heavy (non-hydrogen) atoms. The number of amidine groups is 1. The van der Waals surface area contributed by atoms with E-state index in [-0.39, 0.29) is 29.7 Å². The van der Waals surface area contributed by atoms with Gasteiger partial charge in [-0.2, -0.15) is 13.2 Å². The van der Waals surface area contributed by atoms with Gasteiger partial charge in [0.1, 0.15) is 11.0 Å². The average Bonchev–Trinajstić information content (AvgIpc) is 2.74. The second-order valence-corrected chi connectivity index (χ2v) is 8.27. The van der Waals surface area contributed by atoms with E-state index in [1.54, 1.807) is 31.2 Å². The van der Waals surface area contributed by atoms with Crippen molar-refractivity contribution >= 4 is 51.7 Å². The van der Waals surface area contributed by atoms with E-state index >= 15 is 0 Å². The number of alkyl halides is 3. The van der Waals surface area contributed by atoms with E-state index in [2.05, 4.69) is 10.3 Å². The fourth-order valence-electron chi connectivity index (χ4n) is 3.02. The lowest BCUT2D eigenvalue weighted by atomic mass is 10.2. The number of thioether (sulfide) groups is 1. The lowest BCUT2D eigenvalue weighted by Gasteiger charge is -2.31. The molecule has 2 amide bonds. The summed E-state index contributed by atoms with van der Waals surface area (Å²) in [5.74, 6) is -0.337. The molecule has 0 spiro atoms. The number of carbonyl (C=O) groups excluding carboxylic acids is 2. The molecule has 2 aromatic carbocycles. The van der Waals surface area contributed by atoms with Crippen molar-refractivity contribution in [2.24, 2.45) is 4.99 Å². The maximum atomic E-state index is 13.2. The number of aliphatic imine (C=N–C) groups is 1. The van der Waals surface area contributed by atoms with Gasteiger partial charge >= 0.3 is 6.18 Å². The monoisotopic (exact) mass is 485 g/mol. The predicted molar refractivity (Wildman–Crippen MR) is 119 cm³/mol. The van der Waals surface area contributed by atoms with Gasteiger partial charge in [-0.25, -0.2) is 4.99 Å². The largest absolute Gasteiger partial charge is 0.495 e. The minimum atomic E-state index is -4.65. The van der Waals surface area contributed by atoms with Crippen molar-refractivity contribution in [3.8, 4) is 5.75 Å². The Kier molecular flexibility index (Phi) is 7.35. The Morgan fingerprint density at radius 3 is 2.69 bits per heavy atom. The van der Waals surface area contributed by atoms with Gasteiger partial charge in [0.25, 0.3) is 0 Å². The van der Waals surface area contributed by atoms with Crippen LogP contribution in [0, 0.1) is 0 Å². The fraction of sp³-hybridized carbons (Fsp3) is 0.286. The van der Waals surface area contributed by atoms with Crippen LogP contribution in [0.4, 0.5) is 24.5 Å². The number of anilines is 1. The first-order valence-corrected chi connectivity index (χ1v) is 10.8. The molecule has 1 N–H and O–H groups in total. The molecule has 1 aliphatic heterocycles. The molecular weight excluding hydrogens is 467 g/mol. The van der Waals surface area contributed by atoms with E-state index in [0.29, 0.717) is 11.4 Å². The Hall–Kier alpha value is -2.72.